The third kappa shape index (κ3) is 1.84. The van der Waals surface area contributed by atoms with Gasteiger partial charge in [0.05, 0.1) is 0 Å². The van der Waals surface area contributed by atoms with Gasteiger partial charge in [0, 0.05) is 18.4 Å². The van der Waals surface area contributed by atoms with Gasteiger partial charge in [0.1, 0.15) is 11.6 Å². The summed E-state index contributed by atoms with van der Waals surface area (Å²) in [5.74, 6) is 3.74. The minimum absolute atomic E-state index is 0.359. The first-order valence-corrected chi connectivity index (χ1v) is 7.21. The van der Waals surface area contributed by atoms with Crippen molar-refractivity contribution in [3.63, 3.8) is 0 Å². The van der Waals surface area contributed by atoms with Gasteiger partial charge >= 0.3 is 0 Å². The fraction of sp³-hybridized carbons (Fsp3) is 0.667. The number of rotatable bonds is 2. The molecule has 2 aromatic rings. The first-order valence-electron chi connectivity index (χ1n) is 6.44. The van der Waals surface area contributed by atoms with Gasteiger partial charge in [0.15, 0.2) is 10.8 Å². The number of aromatic nitrogens is 5. The van der Waals surface area contributed by atoms with E-state index in [-0.39, 0.29) is 0 Å². The van der Waals surface area contributed by atoms with E-state index >= 15 is 0 Å². The van der Waals surface area contributed by atoms with Crippen molar-refractivity contribution in [1.82, 2.24) is 24.1 Å². The standard InChI is InChI=1S/C12H17N5S/c1-7(2)9-13-12(18-16-9)11-15-14-10-8(3)5-4-6-17(10)11/h7-8H,4-6H2,1-3H3/t8-/m1/s1. The Morgan fingerprint density at radius 2 is 2.17 bits per heavy atom. The minimum Gasteiger partial charge on any atom is -0.309 e. The molecule has 5 nitrogen and oxygen atoms in total. The summed E-state index contributed by atoms with van der Waals surface area (Å²) in [7, 11) is 0. The van der Waals surface area contributed by atoms with Gasteiger partial charge < -0.3 is 4.57 Å². The summed E-state index contributed by atoms with van der Waals surface area (Å²) in [6, 6.07) is 0. The molecule has 2 aromatic heterocycles. The summed E-state index contributed by atoms with van der Waals surface area (Å²) >= 11 is 1.43. The molecule has 18 heavy (non-hydrogen) atoms. The molecule has 1 aliphatic rings. The van der Waals surface area contributed by atoms with Crippen LogP contribution in [0.25, 0.3) is 10.8 Å². The maximum absolute atomic E-state index is 4.57. The third-order valence-corrected chi connectivity index (χ3v) is 4.11. The van der Waals surface area contributed by atoms with Crippen molar-refractivity contribution in [2.45, 2.75) is 52.0 Å². The molecule has 0 saturated carbocycles. The van der Waals surface area contributed by atoms with Crippen molar-refractivity contribution in [3.05, 3.63) is 11.6 Å². The van der Waals surface area contributed by atoms with Gasteiger partial charge in [-0.15, -0.1) is 10.2 Å². The average molecular weight is 263 g/mol. The van der Waals surface area contributed by atoms with Crippen molar-refractivity contribution < 1.29 is 0 Å². The summed E-state index contributed by atoms with van der Waals surface area (Å²) in [5.41, 5.74) is 0. The molecule has 1 atom stereocenters. The second kappa shape index (κ2) is 4.42. The van der Waals surface area contributed by atoms with Crippen LogP contribution in [0.3, 0.4) is 0 Å². The van der Waals surface area contributed by atoms with Crippen LogP contribution in [0, 0.1) is 0 Å². The molecule has 0 radical (unpaired) electrons. The van der Waals surface area contributed by atoms with Gasteiger partial charge in [-0.1, -0.05) is 20.8 Å². The highest BCUT2D eigenvalue weighted by molar-refractivity contribution is 7.09. The molecule has 0 unspecified atom stereocenters. The van der Waals surface area contributed by atoms with Gasteiger partial charge in [-0.2, -0.15) is 4.37 Å². The quantitative estimate of drug-likeness (QED) is 0.836. The smallest absolute Gasteiger partial charge is 0.194 e. The maximum atomic E-state index is 4.57. The van der Waals surface area contributed by atoms with Crippen LogP contribution in [0.15, 0.2) is 0 Å². The minimum atomic E-state index is 0.359. The highest BCUT2D eigenvalue weighted by Crippen LogP contribution is 2.30. The lowest BCUT2D eigenvalue weighted by Gasteiger charge is -2.19. The second-order valence-corrected chi connectivity index (χ2v) is 5.94. The lowest BCUT2D eigenvalue weighted by Crippen LogP contribution is -2.14. The molecule has 0 spiro atoms. The molecular formula is C12H17N5S. The van der Waals surface area contributed by atoms with Crippen molar-refractivity contribution >= 4 is 11.5 Å². The molecule has 0 aromatic carbocycles. The topological polar surface area (TPSA) is 56.5 Å². The van der Waals surface area contributed by atoms with Crippen LogP contribution in [-0.4, -0.2) is 24.1 Å². The largest absolute Gasteiger partial charge is 0.309 e. The zero-order chi connectivity index (χ0) is 12.7. The van der Waals surface area contributed by atoms with E-state index in [0.29, 0.717) is 11.8 Å². The Morgan fingerprint density at radius 3 is 2.89 bits per heavy atom. The average Bonchev–Trinajstić information content (AvgIpc) is 2.94. The molecule has 1 aliphatic heterocycles. The highest BCUT2D eigenvalue weighted by Gasteiger charge is 2.24. The van der Waals surface area contributed by atoms with E-state index in [0.717, 1.165) is 29.0 Å². The van der Waals surface area contributed by atoms with E-state index in [1.54, 1.807) is 0 Å². The molecule has 0 bridgehead atoms. The SMILES string of the molecule is CC(C)c1nsc(-c2nnc3n2CCC[C@H]3C)n1. The molecule has 0 aliphatic carbocycles. The molecule has 0 N–H and O–H groups in total. The van der Waals surface area contributed by atoms with Gasteiger partial charge in [-0.05, 0) is 24.4 Å². The van der Waals surface area contributed by atoms with Gasteiger partial charge in [-0.25, -0.2) is 4.98 Å². The van der Waals surface area contributed by atoms with E-state index in [1.165, 1.54) is 24.4 Å². The Kier molecular flexibility index (Phi) is 2.89. The van der Waals surface area contributed by atoms with Crippen LogP contribution in [0.4, 0.5) is 0 Å². The summed E-state index contributed by atoms with van der Waals surface area (Å²) in [6.45, 7) is 7.42. The molecule has 3 rings (SSSR count). The van der Waals surface area contributed by atoms with Crippen LogP contribution in [0.2, 0.25) is 0 Å². The van der Waals surface area contributed by atoms with Crippen LogP contribution < -0.4 is 0 Å². The summed E-state index contributed by atoms with van der Waals surface area (Å²) < 4.78 is 6.60. The van der Waals surface area contributed by atoms with Crippen LogP contribution in [0.5, 0.6) is 0 Å². The Labute approximate surface area is 110 Å². The van der Waals surface area contributed by atoms with Crippen molar-refractivity contribution in [1.29, 1.82) is 0 Å². The zero-order valence-electron chi connectivity index (χ0n) is 10.9. The summed E-state index contributed by atoms with van der Waals surface area (Å²) in [6.07, 6.45) is 2.39. The molecule has 96 valence electrons. The first kappa shape index (κ1) is 11.8. The third-order valence-electron chi connectivity index (χ3n) is 3.39. The number of nitrogens with zero attached hydrogens (tertiary/aromatic N) is 5. The summed E-state index contributed by atoms with van der Waals surface area (Å²) in [5, 5.41) is 9.53. The fourth-order valence-electron chi connectivity index (χ4n) is 2.30. The second-order valence-electron chi connectivity index (χ2n) is 5.19. The van der Waals surface area contributed by atoms with E-state index in [4.69, 9.17) is 0 Å². The normalized spacial score (nSPS) is 19.2. The Balaban J connectivity index is 2.01. The molecule has 0 saturated heterocycles. The van der Waals surface area contributed by atoms with Gasteiger partial charge in [0.25, 0.3) is 0 Å². The fourth-order valence-corrected chi connectivity index (χ4v) is 3.10. The van der Waals surface area contributed by atoms with Crippen molar-refractivity contribution in [2.75, 3.05) is 0 Å². The molecule has 3 heterocycles. The molecule has 0 fully saturated rings. The van der Waals surface area contributed by atoms with E-state index in [1.807, 2.05) is 0 Å². The maximum Gasteiger partial charge on any atom is 0.194 e. The predicted molar refractivity (Wildman–Crippen MR) is 70.7 cm³/mol. The molecule has 6 heteroatoms. The lowest BCUT2D eigenvalue weighted by atomic mass is 10.0. The van der Waals surface area contributed by atoms with Crippen LogP contribution >= 0.6 is 11.5 Å². The van der Waals surface area contributed by atoms with E-state index < -0.39 is 0 Å². The monoisotopic (exact) mass is 263 g/mol. The Bertz CT molecular complexity index is 557. The van der Waals surface area contributed by atoms with E-state index in [9.17, 15) is 0 Å². The Hall–Kier alpha value is -1.30. The van der Waals surface area contributed by atoms with Crippen molar-refractivity contribution in [3.8, 4) is 10.8 Å². The summed E-state index contributed by atoms with van der Waals surface area (Å²) in [4.78, 5) is 4.57. The van der Waals surface area contributed by atoms with Gasteiger partial charge in [0.2, 0.25) is 0 Å². The first-order chi connectivity index (χ1) is 8.66. The number of hydrogen-bond acceptors (Lipinski definition) is 5. The highest BCUT2D eigenvalue weighted by atomic mass is 32.1. The predicted octanol–water partition coefficient (Wildman–Crippen LogP) is 2.82. The van der Waals surface area contributed by atoms with Crippen LogP contribution in [0.1, 0.15) is 57.1 Å². The van der Waals surface area contributed by atoms with Gasteiger partial charge in [-0.3, -0.25) is 0 Å². The number of fused-ring (bicyclic) bond motifs is 1. The Morgan fingerprint density at radius 1 is 1.33 bits per heavy atom. The van der Waals surface area contributed by atoms with E-state index in [2.05, 4.69) is 44.9 Å². The lowest BCUT2D eigenvalue weighted by molar-refractivity contribution is 0.466. The zero-order valence-corrected chi connectivity index (χ0v) is 11.7. The van der Waals surface area contributed by atoms with Crippen molar-refractivity contribution in [2.24, 2.45) is 0 Å². The van der Waals surface area contributed by atoms with Crippen LogP contribution in [-0.2, 0) is 6.54 Å². The number of hydrogen-bond donors (Lipinski definition) is 0. The molecular weight excluding hydrogens is 246 g/mol. The molecule has 0 amide bonds.